The summed E-state index contributed by atoms with van der Waals surface area (Å²) < 4.78 is 5.02. The number of unbranched alkanes of at least 4 members (excludes halogenated alkanes) is 3. The minimum Gasteiger partial charge on any atom is -0.491 e. The van der Waals surface area contributed by atoms with Crippen molar-refractivity contribution in [2.75, 3.05) is 6.61 Å². The second-order valence-corrected chi connectivity index (χ2v) is 3.09. The minimum atomic E-state index is 0.0537. The summed E-state index contributed by atoms with van der Waals surface area (Å²) in [5.74, 6) is 0.372. The van der Waals surface area contributed by atoms with Crippen molar-refractivity contribution in [1.82, 2.24) is 0 Å². The summed E-state index contributed by atoms with van der Waals surface area (Å²) in [7, 11) is 0. The van der Waals surface area contributed by atoms with Gasteiger partial charge in [-0.25, -0.2) is 0 Å². The zero-order valence-electron chi connectivity index (χ0n) is 8.77. The molecule has 2 nitrogen and oxygen atoms in total. The summed E-state index contributed by atoms with van der Waals surface area (Å²) in [6, 6.07) is 0. The second kappa shape index (κ2) is 7.84. The molecule has 0 spiro atoms. The van der Waals surface area contributed by atoms with Gasteiger partial charge in [-0.3, -0.25) is 4.79 Å². The van der Waals surface area contributed by atoms with Crippen LogP contribution in [-0.4, -0.2) is 12.4 Å². The lowest BCUT2D eigenvalue weighted by Gasteiger charge is -2.04. The van der Waals surface area contributed by atoms with E-state index >= 15 is 0 Å². The molecular formula is C11H20O2. The smallest absolute Gasteiger partial charge is 0.196 e. The molecule has 76 valence electrons. The van der Waals surface area contributed by atoms with Gasteiger partial charge >= 0.3 is 0 Å². The van der Waals surface area contributed by atoms with Crippen molar-refractivity contribution in [2.45, 2.75) is 46.0 Å². The van der Waals surface area contributed by atoms with Gasteiger partial charge in [-0.1, -0.05) is 32.8 Å². The molecule has 0 saturated heterocycles. The summed E-state index contributed by atoms with van der Waals surface area (Å²) in [4.78, 5) is 11.3. The van der Waals surface area contributed by atoms with Crippen molar-refractivity contribution in [3.8, 4) is 0 Å². The van der Waals surface area contributed by atoms with Crippen molar-refractivity contribution in [3.05, 3.63) is 12.3 Å². The average molecular weight is 184 g/mol. The summed E-state index contributed by atoms with van der Waals surface area (Å²) in [6.07, 6.45) is 5.06. The van der Waals surface area contributed by atoms with Crippen LogP contribution in [0, 0.1) is 0 Å². The quantitative estimate of drug-likeness (QED) is 0.329. The highest BCUT2D eigenvalue weighted by atomic mass is 16.5. The third kappa shape index (κ3) is 6.38. The van der Waals surface area contributed by atoms with Crippen LogP contribution in [0.2, 0.25) is 0 Å². The number of rotatable bonds is 8. The molecule has 0 aliphatic heterocycles. The van der Waals surface area contributed by atoms with E-state index in [1.54, 1.807) is 0 Å². The topological polar surface area (TPSA) is 26.3 Å². The van der Waals surface area contributed by atoms with Crippen LogP contribution in [0.25, 0.3) is 0 Å². The Bertz CT molecular complexity index is 161. The molecule has 0 unspecified atom stereocenters. The number of carbonyl (C=O) groups excluding carboxylic acids is 1. The molecule has 0 bridgehead atoms. The fraction of sp³-hybridized carbons (Fsp3) is 0.727. The van der Waals surface area contributed by atoms with Gasteiger partial charge in [-0.05, 0) is 13.3 Å². The number of hydrogen-bond acceptors (Lipinski definition) is 2. The molecule has 0 aliphatic carbocycles. The molecule has 0 aliphatic rings. The predicted molar refractivity (Wildman–Crippen MR) is 54.5 cm³/mol. The van der Waals surface area contributed by atoms with E-state index in [2.05, 4.69) is 13.5 Å². The fourth-order valence-corrected chi connectivity index (χ4v) is 1.11. The number of carbonyl (C=O) groups is 1. The predicted octanol–water partition coefficient (Wildman–Crippen LogP) is 3.08. The van der Waals surface area contributed by atoms with Crippen LogP contribution < -0.4 is 0 Å². The number of ether oxygens (including phenoxy) is 1. The normalized spacial score (nSPS) is 9.69. The van der Waals surface area contributed by atoms with Gasteiger partial charge in [0, 0.05) is 6.42 Å². The lowest BCUT2D eigenvalue weighted by molar-refractivity contribution is -0.118. The third-order valence-electron chi connectivity index (χ3n) is 1.89. The van der Waals surface area contributed by atoms with Crippen LogP contribution in [0.3, 0.4) is 0 Å². The van der Waals surface area contributed by atoms with Crippen molar-refractivity contribution >= 4 is 5.78 Å². The molecule has 0 radical (unpaired) electrons. The van der Waals surface area contributed by atoms with Crippen molar-refractivity contribution in [2.24, 2.45) is 0 Å². The van der Waals surface area contributed by atoms with Gasteiger partial charge in [0.2, 0.25) is 0 Å². The highest BCUT2D eigenvalue weighted by Gasteiger charge is 2.06. The van der Waals surface area contributed by atoms with E-state index in [-0.39, 0.29) is 5.78 Å². The first kappa shape index (κ1) is 12.2. The maximum atomic E-state index is 11.3. The number of hydrogen-bond donors (Lipinski definition) is 0. The van der Waals surface area contributed by atoms with E-state index in [0.717, 1.165) is 12.8 Å². The van der Waals surface area contributed by atoms with Crippen LogP contribution in [0.4, 0.5) is 0 Å². The molecule has 0 heterocycles. The zero-order chi connectivity index (χ0) is 10.1. The van der Waals surface area contributed by atoms with Gasteiger partial charge in [-0.2, -0.15) is 0 Å². The van der Waals surface area contributed by atoms with E-state index in [1.165, 1.54) is 12.8 Å². The molecule has 0 aromatic rings. The lowest BCUT2D eigenvalue weighted by Crippen LogP contribution is -2.04. The van der Waals surface area contributed by atoms with Gasteiger partial charge in [0.25, 0.3) is 0 Å². The molecular weight excluding hydrogens is 164 g/mol. The Balaban J connectivity index is 3.44. The monoisotopic (exact) mass is 184 g/mol. The molecule has 2 heteroatoms. The first-order valence-corrected chi connectivity index (χ1v) is 5.07. The number of ketones is 1. The maximum absolute atomic E-state index is 11.3. The first-order chi connectivity index (χ1) is 6.22. The van der Waals surface area contributed by atoms with E-state index in [0.29, 0.717) is 18.8 Å². The van der Waals surface area contributed by atoms with E-state index in [4.69, 9.17) is 4.74 Å². The lowest BCUT2D eigenvalue weighted by atomic mass is 10.1. The minimum absolute atomic E-state index is 0.0537. The van der Waals surface area contributed by atoms with Crippen LogP contribution in [0.1, 0.15) is 46.0 Å². The van der Waals surface area contributed by atoms with Gasteiger partial charge < -0.3 is 4.74 Å². The molecule has 0 aromatic carbocycles. The Hall–Kier alpha value is -0.790. The van der Waals surface area contributed by atoms with Crippen LogP contribution in [-0.2, 0) is 9.53 Å². The van der Waals surface area contributed by atoms with Crippen LogP contribution in [0.5, 0.6) is 0 Å². The van der Waals surface area contributed by atoms with Gasteiger partial charge in [-0.15, -0.1) is 0 Å². The maximum Gasteiger partial charge on any atom is 0.196 e. The standard InChI is InChI=1S/C11H20O2/c1-4-6-7-8-9-11(12)10(3)13-5-2/h3-9H2,1-2H3. The Morgan fingerprint density at radius 3 is 2.46 bits per heavy atom. The summed E-state index contributed by atoms with van der Waals surface area (Å²) in [5.41, 5.74) is 0. The third-order valence-corrected chi connectivity index (χ3v) is 1.89. The van der Waals surface area contributed by atoms with Gasteiger partial charge in [0.1, 0.15) is 0 Å². The van der Waals surface area contributed by atoms with Gasteiger partial charge in [0.05, 0.1) is 6.61 Å². The van der Waals surface area contributed by atoms with Crippen molar-refractivity contribution < 1.29 is 9.53 Å². The Labute approximate surface area is 81.0 Å². The molecule has 0 rings (SSSR count). The fourth-order valence-electron chi connectivity index (χ4n) is 1.11. The Kier molecular flexibility index (Phi) is 7.36. The SMILES string of the molecule is C=C(OCC)C(=O)CCCCCC. The first-order valence-electron chi connectivity index (χ1n) is 5.07. The molecule has 0 fully saturated rings. The zero-order valence-corrected chi connectivity index (χ0v) is 8.77. The average Bonchev–Trinajstić information content (AvgIpc) is 2.12. The molecule has 0 aromatic heterocycles. The van der Waals surface area contributed by atoms with Crippen LogP contribution >= 0.6 is 0 Å². The van der Waals surface area contributed by atoms with E-state index in [9.17, 15) is 4.79 Å². The van der Waals surface area contributed by atoms with Crippen LogP contribution in [0.15, 0.2) is 12.3 Å². The highest BCUT2D eigenvalue weighted by Crippen LogP contribution is 2.07. The molecule has 0 amide bonds. The van der Waals surface area contributed by atoms with Crippen molar-refractivity contribution in [3.63, 3.8) is 0 Å². The Morgan fingerprint density at radius 1 is 1.23 bits per heavy atom. The highest BCUT2D eigenvalue weighted by molar-refractivity contribution is 5.92. The van der Waals surface area contributed by atoms with E-state index in [1.807, 2.05) is 6.92 Å². The molecule has 0 N–H and O–H groups in total. The summed E-state index contributed by atoms with van der Waals surface area (Å²) >= 11 is 0. The largest absolute Gasteiger partial charge is 0.491 e. The van der Waals surface area contributed by atoms with Crippen molar-refractivity contribution in [1.29, 1.82) is 0 Å². The number of Topliss-reactive ketones (excluding diaryl/α,β-unsaturated/α-hetero) is 1. The molecule has 0 atom stereocenters. The Morgan fingerprint density at radius 2 is 1.92 bits per heavy atom. The second-order valence-electron chi connectivity index (χ2n) is 3.09. The summed E-state index contributed by atoms with van der Waals surface area (Å²) in [5, 5.41) is 0. The number of allylic oxidation sites excluding steroid dienone is 1. The molecule has 13 heavy (non-hydrogen) atoms. The summed E-state index contributed by atoms with van der Waals surface area (Å²) in [6.45, 7) is 8.11. The molecule has 0 saturated carbocycles. The van der Waals surface area contributed by atoms with E-state index < -0.39 is 0 Å². The van der Waals surface area contributed by atoms with Gasteiger partial charge in [0.15, 0.2) is 11.5 Å².